The molecule has 26 valence electrons. The van der Waals surface area contributed by atoms with E-state index >= 15 is 0 Å². The molecule has 0 atom stereocenters. The first-order chi connectivity index (χ1) is 1.41. The van der Waals surface area contributed by atoms with Crippen molar-refractivity contribution in [2.45, 2.75) is 0 Å². The molecule has 0 bridgehead atoms. The van der Waals surface area contributed by atoms with Crippen LogP contribution in [0.3, 0.4) is 0 Å². The van der Waals surface area contributed by atoms with Crippen molar-refractivity contribution in [3.63, 3.8) is 0 Å². The van der Waals surface area contributed by atoms with Crippen LogP contribution < -0.4 is 51.4 Å². The van der Waals surface area contributed by atoms with Gasteiger partial charge in [-0.25, -0.2) is 0 Å². The molecule has 0 aliphatic heterocycles. The summed E-state index contributed by atoms with van der Waals surface area (Å²) in [5.41, 5.74) is 0. The molecule has 0 radical (unpaired) electrons. The molecule has 0 rings (SSSR count). The summed E-state index contributed by atoms with van der Waals surface area (Å²) in [6.07, 6.45) is 0. The molecule has 0 heterocycles. The molecule has 0 aromatic heterocycles. The van der Waals surface area contributed by atoms with Gasteiger partial charge in [0.15, 0.2) is 0 Å². The van der Waals surface area contributed by atoms with Crippen LogP contribution in [0.2, 0.25) is 0 Å². The van der Waals surface area contributed by atoms with Crippen molar-refractivity contribution >= 4 is 20.4 Å². The zero-order valence-electron chi connectivity index (χ0n) is 3.07. The van der Waals surface area contributed by atoms with E-state index in [2.05, 4.69) is 0 Å². The Kier molecular flexibility index (Phi) is 22.7. The maximum atomic E-state index is 4.70. The van der Waals surface area contributed by atoms with Gasteiger partial charge < -0.3 is 1.43 Å². The third-order valence-electron chi connectivity index (χ3n) is 0. The van der Waals surface area contributed by atoms with Crippen molar-refractivity contribution in [1.29, 1.82) is 0 Å². The van der Waals surface area contributed by atoms with E-state index in [1.54, 1.807) is 0 Å². The van der Waals surface area contributed by atoms with Crippen LogP contribution in [0.15, 0.2) is 0 Å². The number of hydrogen-bond donors (Lipinski definition) is 0. The first-order valence-corrected chi connectivity index (χ1v) is 2.96. The van der Waals surface area contributed by atoms with Gasteiger partial charge in [-0.3, -0.25) is 0 Å². The summed E-state index contributed by atoms with van der Waals surface area (Å²) in [6, 6.07) is 0. The minimum atomic E-state index is 0. The molecular formula is HCl2KNi. The summed E-state index contributed by atoms with van der Waals surface area (Å²) in [5.74, 6) is 0. The topological polar surface area (TPSA) is 0 Å². The molecule has 0 unspecified atom stereocenters. The van der Waals surface area contributed by atoms with Crippen molar-refractivity contribution in [3.8, 4) is 0 Å². The fraction of sp³-hybridized carbons (Fsp3) is 0. The Hall–Kier alpha value is 2.71. The van der Waals surface area contributed by atoms with Gasteiger partial charge >= 0.3 is 84.4 Å². The van der Waals surface area contributed by atoms with Gasteiger partial charge in [-0.05, 0) is 0 Å². The summed E-state index contributed by atoms with van der Waals surface area (Å²) < 4.78 is 0. The first-order valence-electron chi connectivity index (χ1n) is 0.239. The average molecular weight is 170 g/mol. The molecule has 0 amide bonds. The number of halogens is 2. The maximum Gasteiger partial charge on any atom is 1.00 e. The van der Waals surface area contributed by atoms with Crippen molar-refractivity contribution in [1.82, 2.24) is 0 Å². The normalized spacial score (nSPS) is 5.50. The fourth-order valence-electron chi connectivity index (χ4n) is 0. The monoisotopic (exact) mass is 168 g/mol. The largest absolute Gasteiger partial charge is 1.00 e. The zero-order chi connectivity index (χ0) is 2.71. The molecule has 4 heavy (non-hydrogen) atoms. The van der Waals surface area contributed by atoms with E-state index in [4.69, 9.17) is 20.4 Å². The molecule has 0 aromatic rings. The van der Waals surface area contributed by atoms with Gasteiger partial charge in [-0.15, -0.1) is 0 Å². The van der Waals surface area contributed by atoms with Crippen LogP contribution >= 0.6 is 20.4 Å². The van der Waals surface area contributed by atoms with Crippen molar-refractivity contribution < 1.29 is 65.5 Å². The van der Waals surface area contributed by atoms with E-state index in [-0.39, 0.29) is 52.8 Å². The second-order valence-corrected chi connectivity index (χ2v) is 1.68. The molecule has 0 N–H and O–H groups in total. The predicted molar refractivity (Wildman–Crippen MR) is 12.8 cm³/mol. The van der Waals surface area contributed by atoms with Crippen LogP contribution in [0.25, 0.3) is 0 Å². The van der Waals surface area contributed by atoms with E-state index in [9.17, 15) is 0 Å². The molecular weight excluding hydrogens is 169 g/mol. The third-order valence-corrected chi connectivity index (χ3v) is 0. The number of rotatable bonds is 0. The van der Waals surface area contributed by atoms with Gasteiger partial charge in [0.1, 0.15) is 0 Å². The maximum absolute atomic E-state index is 4.70. The summed E-state index contributed by atoms with van der Waals surface area (Å²) >= 11 is 0.569. The molecule has 0 saturated carbocycles. The Balaban J connectivity index is -0.0000000200. The third kappa shape index (κ3) is 8.83. The van der Waals surface area contributed by atoms with Crippen LogP contribution in [0.5, 0.6) is 0 Å². The Bertz CT molecular complexity index is 9.61. The van der Waals surface area contributed by atoms with Crippen LogP contribution in [-0.4, -0.2) is 0 Å². The molecule has 0 nitrogen and oxygen atoms in total. The molecule has 0 aliphatic rings. The van der Waals surface area contributed by atoms with Crippen LogP contribution in [-0.2, 0) is 12.7 Å². The van der Waals surface area contributed by atoms with E-state index in [0.29, 0.717) is 12.7 Å². The smallest absolute Gasteiger partial charge is 1.00 e. The van der Waals surface area contributed by atoms with E-state index in [0.717, 1.165) is 0 Å². The second kappa shape index (κ2) is 9.20. The van der Waals surface area contributed by atoms with Crippen LogP contribution in [0.1, 0.15) is 1.43 Å². The van der Waals surface area contributed by atoms with Gasteiger partial charge in [0.25, 0.3) is 0 Å². The second-order valence-electron chi connectivity index (χ2n) is 0.0452. The van der Waals surface area contributed by atoms with Gasteiger partial charge in [-0.1, -0.05) is 0 Å². The van der Waals surface area contributed by atoms with Crippen LogP contribution in [0.4, 0.5) is 0 Å². The standard InChI is InChI=1S/2ClH.K.Ni.H/h2*1H;;;/q;;+1;+2;-1/p-2. The Morgan fingerprint density at radius 3 is 1.50 bits per heavy atom. The van der Waals surface area contributed by atoms with Crippen molar-refractivity contribution in [2.75, 3.05) is 0 Å². The Morgan fingerprint density at radius 1 is 1.50 bits per heavy atom. The molecule has 4 heteroatoms. The Morgan fingerprint density at radius 2 is 1.50 bits per heavy atom. The van der Waals surface area contributed by atoms with Gasteiger partial charge in [0.2, 0.25) is 0 Å². The summed E-state index contributed by atoms with van der Waals surface area (Å²) in [4.78, 5) is 0. The SMILES string of the molecule is [Cl][Ni][Cl].[H-].[K+]. The van der Waals surface area contributed by atoms with Gasteiger partial charge in [0, 0.05) is 0 Å². The quantitative estimate of drug-likeness (QED) is 0.387. The van der Waals surface area contributed by atoms with E-state index in [1.807, 2.05) is 0 Å². The molecule has 0 fully saturated rings. The fourth-order valence-corrected chi connectivity index (χ4v) is 0. The van der Waals surface area contributed by atoms with Crippen molar-refractivity contribution in [3.05, 3.63) is 0 Å². The minimum absolute atomic E-state index is 0. The van der Waals surface area contributed by atoms with Gasteiger partial charge in [0.05, 0.1) is 0 Å². The minimum Gasteiger partial charge on any atom is -1.00 e. The zero-order valence-corrected chi connectivity index (χ0v) is 7.69. The summed E-state index contributed by atoms with van der Waals surface area (Å²) in [6.45, 7) is 0. The van der Waals surface area contributed by atoms with E-state index < -0.39 is 0 Å². The molecule has 0 aromatic carbocycles. The number of hydrogen-bond acceptors (Lipinski definition) is 0. The summed E-state index contributed by atoms with van der Waals surface area (Å²) in [7, 11) is 9.40. The van der Waals surface area contributed by atoms with Crippen molar-refractivity contribution in [2.24, 2.45) is 0 Å². The average Bonchev–Trinajstić information content (AvgIpc) is 0.918. The van der Waals surface area contributed by atoms with E-state index in [1.165, 1.54) is 0 Å². The van der Waals surface area contributed by atoms with Gasteiger partial charge in [-0.2, -0.15) is 0 Å². The molecule has 0 aliphatic carbocycles. The first kappa shape index (κ1) is 9.86. The Labute approximate surface area is 83.9 Å². The molecule has 0 spiro atoms. The predicted octanol–water partition coefficient (Wildman–Crippen LogP) is -1.51. The van der Waals surface area contributed by atoms with Crippen LogP contribution in [0, 0.1) is 0 Å². The summed E-state index contributed by atoms with van der Waals surface area (Å²) in [5, 5.41) is 0. The molecule has 0 saturated heterocycles.